The largest absolute Gasteiger partial charge is 0.472 e. The minimum absolute atomic E-state index is 0.421. The lowest BCUT2D eigenvalue weighted by atomic mass is 9.82. The molecule has 0 aliphatic heterocycles. The van der Waals surface area contributed by atoms with Crippen molar-refractivity contribution in [3.05, 3.63) is 24.2 Å². The molecule has 2 aliphatic rings. The van der Waals surface area contributed by atoms with E-state index in [0.29, 0.717) is 12.0 Å². The van der Waals surface area contributed by atoms with E-state index in [1.54, 1.807) is 6.26 Å². The van der Waals surface area contributed by atoms with E-state index in [-0.39, 0.29) is 0 Å². The Kier molecular flexibility index (Phi) is 5.18. The third-order valence-electron chi connectivity index (χ3n) is 5.26. The number of ether oxygens (including phenoxy) is 1. The van der Waals surface area contributed by atoms with Gasteiger partial charge in [-0.15, -0.1) is 0 Å². The average Bonchev–Trinajstić information content (AvgIpc) is 3.03. The second-order valence-electron chi connectivity index (χ2n) is 6.65. The molecule has 0 spiro atoms. The highest BCUT2D eigenvalue weighted by Crippen LogP contribution is 2.35. The molecule has 20 heavy (non-hydrogen) atoms. The Labute approximate surface area is 122 Å². The Balaban J connectivity index is 1.47. The van der Waals surface area contributed by atoms with Gasteiger partial charge in [-0.25, -0.2) is 0 Å². The van der Waals surface area contributed by atoms with Gasteiger partial charge in [-0.1, -0.05) is 44.9 Å². The van der Waals surface area contributed by atoms with Crippen molar-refractivity contribution < 1.29 is 9.15 Å². The van der Waals surface area contributed by atoms with Gasteiger partial charge in [-0.3, -0.25) is 0 Å². The van der Waals surface area contributed by atoms with Gasteiger partial charge in [0.05, 0.1) is 18.6 Å². The predicted molar refractivity (Wildman–Crippen MR) is 80.8 cm³/mol. The number of hydrogen-bond acceptors (Lipinski definition) is 2. The third-order valence-corrected chi connectivity index (χ3v) is 5.26. The van der Waals surface area contributed by atoms with Crippen LogP contribution in [0.25, 0.3) is 0 Å². The molecule has 1 aromatic heterocycles. The minimum atomic E-state index is 0.421. The minimum Gasteiger partial charge on any atom is -0.472 e. The van der Waals surface area contributed by atoms with Gasteiger partial charge in [0.25, 0.3) is 0 Å². The summed E-state index contributed by atoms with van der Waals surface area (Å²) in [5.41, 5.74) is 1.34. The molecule has 2 atom stereocenters. The lowest BCUT2D eigenvalue weighted by Gasteiger charge is -2.31. The van der Waals surface area contributed by atoms with Crippen LogP contribution in [0, 0.1) is 5.92 Å². The summed E-state index contributed by atoms with van der Waals surface area (Å²) >= 11 is 0. The summed E-state index contributed by atoms with van der Waals surface area (Å²) in [5.74, 6) is 1.49. The Morgan fingerprint density at radius 2 is 1.80 bits per heavy atom. The first kappa shape index (κ1) is 14.2. The van der Waals surface area contributed by atoms with Crippen LogP contribution < -0.4 is 0 Å². The van der Waals surface area contributed by atoms with E-state index in [1.807, 2.05) is 6.26 Å². The first-order valence-corrected chi connectivity index (χ1v) is 8.57. The second-order valence-corrected chi connectivity index (χ2v) is 6.65. The number of rotatable bonds is 5. The van der Waals surface area contributed by atoms with Gasteiger partial charge >= 0.3 is 0 Å². The Morgan fingerprint density at radius 1 is 1.00 bits per heavy atom. The molecule has 0 N–H and O–H groups in total. The van der Waals surface area contributed by atoms with E-state index in [9.17, 15) is 0 Å². The van der Waals surface area contributed by atoms with Gasteiger partial charge in [0.1, 0.15) is 0 Å². The van der Waals surface area contributed by atoms with E-state index < -0.39 is 0 Å². The maximum Gasteiger partial charge on any atom is 0.0938 e. The third kappa shape index (κ3) is 3.66. The standard InChI is InChI=1S/C18H28O2/c1-2-6-15(7-3-1)10-13-20-18-9-5-4-8-17(18)16-11-12-19-14-16/h11-12,14-15,17-18H,1-10,13H2/t17-,18+/m1/s1. The molecule has 0 radical (unpaired) electrons. The van der Waals surface area contributed by atoms with E-state index >= 15 is 0 Å². The smallest absolute Gasteiger partial charge is 0.0938 e. The van der Waals surface area contributed by atoms with Crippen LogP contribution in [-0.4, -0.2) is 12.7 Å². The van der Waals surface area contributed by atoms with E-state index in [2.05, 4.69) is 6.07 Å². The van der Waals surface area contributed by atoms with Crippen molar-refractivity contribution in [2.24, 2.45) is 5.92 Å². The van der Waals surface area contributed by atoms with Crippen LogP contribution in [0.3, 0.4) is 0 Å². The average molecular weight is 276 g/mol. The molecule has 2 saturated carbocycles. The molecule has 0 amide bonds. The summed E-state index contributed by atoms with van der Waals surface area (Å²) in [7, 11) is 0. The first-order valence-electron chi connectivity index (χ1n) is 8.57. The fraction of sp³-hybridized carbons (Fsp3) is 0.778. The fourth-order valence-corrected chi connectivity index (χ4v) is 4.03. The van der Waals surface area contributed by atoms with Crippen molar-refractivity contribution in [3.63, 3.8) is 0 Å². The summed E-state index contributed by atoms with van der Waals surface area (Å²) in [5, 5.41) is 0. The van der Waals surface area contributed by atoms with Crippen LogP contribution in [0.15, 0.2) is 23.0 Å². The summed E-state index contributed by atoms with van der Waals surface area (Å²) in [6.07, 6.45) is 17.7. The SMILES string of the molecule is c1cc([C@H]2CCCC[C@@H]2OCCC2CCCCC2)co1. The van der Waals surface area contributed by atoms with Gasteiger partial charge in [0.15, 0.2) is 0 Å². The van der Waals surface area contributed by atoms with Gasteiger partial charge in [-0.05, 0) is 36.8 Å². The fourth-order valence-electron chi connectivity index (χ4n) is 4.03. The van der Waals surface area contributed by atoms with Crippen LogP contribution >= 0.6 is 0 Å². The van der Waals surface area contributed by atoms with Crippen LogP contribution in [0.2, 0.25) is 0 Å². The Hall–Kier alpha value is -0.760. The molecule has 2 fully saturated rings. The molecule has 1 heterocycles. The quantitative estimate of drug-likeness (QED) is 0.728. The van der Waals surface area contributed by atoms with Gasteiger partial charge in [-0.2, -0.15) is 0 Å². The van der Waals surface area contributed by atoms with E-state index in [0.717, 1.165) is 12.5 Å². The van der Waals surface area contributed by atoms with E-state index in [1.165, 1.54) is 69.8 Å². The second kappa shape index (κ2) is 7.31. The zero-order chi connectivity index (χ0) is 13.6. The lowest BCUT2D eigenvalue weighted by molar-refractivity contribution is 0.00478. The van der Waals surface area contributed by atoms with Crippen molar-refractivity contribution in [1.82, 2.24) is 0 Å². The molecule has 0 bridgehead atoms. The van der Waals surface area contributed by atoms with Crippen LogP contribution in [-0.2, 0) is 4.74 Å². The summed E-state index contributed by atoms with van der Waals surface area (Å²) in [4.78, 5) is 0. The van der Waals surface area contributed by atoms with Crippen LogP contribution in [0.1, 0.15) is 75.7 Å². The molecule has 2 nitrogen and oxygen atoms in total. The van der Waals surface area contributed by atoms with Crippen molar-refractivity contribution in [2.45, 2.75) is 76.2 Å². The molecule has 112 valence electrons. The van der Waals surface area contributed by atoms with Crippen LogP contribution in [0.4, 0.5) is 0 Å². The molecule has 0 unspecified atom stereocenters. The molecule has 2 aliphatic carbocycles. The monoisotopic (exact) mass is 276 g/mol. The normalized spacial score (nSPS) is 28.6. The highest BCUT2D eigenvalue weighted by atomic mass is 16.5. The molecule has 2 heteroatoms. The maximum absolute atomic E-state index is 6.28. The molecule has 0 aromatic carbocycles. The highest BCUT2D eigenvalue weighted by Gasteiger charge is 2.28. The molecule has 0 saturated heterocycles. The maximum atomic E-state index is 6.28. The van der Waals surface area contributed by atoms with Gasteiger partial charge < -0.3 is 9.15 Å². The zero-order valence-corrected chi connectivity index (χ0v) is 12.6. The summed E-state index contributed by atoms with van der Waals surface area (Å²) in [6, 6.07) is 2.12. The van der Waals surface area contributed by atoms with Gasteiger partial charge in [0, 0.05) is 12.5 Å². The zero-order valence-electron chi connectivity index (χ0n) is 12.6. The molecular formula is C18H28O2. The topological polar surface area (TPSA) is 22.4 Å². The Bertz CT molecular complexity index is 365. The van der Waals surface area contributed by atoms with Crippen molar-refractivity contribution in [2.75, 3.05) is 6.61 Å². The van der Waals surface area contributed by atoms with Crippen LogP contribution in [0.5, 0.6) is 0 Å². The number of hydrogen-bond donors (Lipinski definition) is 0. The molecular weight excluding hydrogens is 248 g/mol. The number of furan rings is 1. The lowest BCUT2D eigenvalue weighted by Crippen LogP contribution is -2.27. The first-order chi connectivity index (χ1) is 9.93. The van der Waals surface area contributed by atoms with Crippen molar-refractivity contribution in [1.29, 1.82) is 0 Å². The summed E-state index contributed by atoms with van der Waals surface area (Å²) in [6.45, 7) is 0.962. The van der Waals surface area contributed by atoms with E-state index in [4.69, 9.17) is 9.15 Å². The highest BCUT2D eigenvalue weighted by molar-refractivity contribution is 5.15. The van der Waals surface area contributed by atoms with Crippen molar-refractivity contribution >= 4 is 0 Å². The molecule has 1 aromatic rings. The predicted octanol–water partition coefficient (Wildman–Crippen LogP) is 5.29. The summed E-state index contributed by atoms with van der Waals surface area (Å²) < 4.78 is 11.5. The van der Waals surface area contributed by atoms with Gasteiger partial charge in [0.2, 0.25) is 0 Å². The van der Waals surface area contributed by atoms with Crippen molar-refractivity contribution in [3.8, 4) is 0 Å². The Morgan fingerprint density at radius 3 is 2.60 bits per heavy atom. The molecule has 3 rings (SSSR count).